The Hall–Kier alpha value is -0.660. The van der Waals surface area contributed by atoms with Gasteiger partial charge < -0.3 is 0 Å². The Morgan fingerprint density at radius 3 is 2.57 bits per heavy atom. The number of rotatable bonds is 0. The van der Waals surface area contributed by atoms with Crippen molar-refractivity contribution in [3.63, 3.8) is 0 Å². The summed E-state index contributed by atoms with van der Waals surface area (Å²) in [7, 11) is 0. The third kappa shape index (κ3) is 1.03. The van der Waals surface area contributed by atoms with Crippen LogP contribution in [0.5, 0.6) is 0 Å². The molecule has 4 atom stereocenters. The first-order valence-electron chi connectivity index (χ1n) is 5.84. The van der Waals surface area contributed by atoms with Crippen molar-refractivity contribution in [3.05, 3.63) is 0 Å². The standard InChI is InChI=1S/C12H16O2/c13-10-6-8-5-4-7-2-1-3-9(11(7)8)12(10)14/h7-9,11H,1-6H2. The lowest BCUT2D eigenvalue weighted by Crippen LogP contribution is -2.43. The van der Waals surface area contributed by atoms with E-state index in [-0.39, 0.29) is 17.5 Å². The third-order valence-electron chi connectivity index (χ3n) is 4.61. The van der Waals surface area contributed by atoms with E-state index >= 15 is 0 Å². The van der Waals surface area contributed by atoms with Crippen molar-refractivity contribution >= 4 is 11.6 Å². The van der Waals surface area contributed by atoms with Gasteiger partial charge in [-0.15, -0.1) is 0 Å². The van der Waals surface area contributed by atoms with Gasteiger partial charge in [0.05, 0.1) is 0 Å². The first-order valence-corrected chi connectivity index (χ1v) is 5.84. The average Bonchev–Trinajstić information content (AvgIpc) is 2.59. The molecule has 2 heteroatoms. The summed E-state index contributed by atoms with van der Waals surface area (Å²) in [5.41, 5.74) is 0. The maximum Gasteiger partial charge on any atom is 0.201 e. The number of hydrogen-bond acceptors (Lipinski definition) is 2. The van der Waals surface area contributed by atoms with Gasteiger partial charge in [0.25, 0.3) is 0 Å². The van der Waals surface area contributed by atoms with Gasteiger partial charge in [0.2, 0.25) is 5.78 Å². The summed E-state index contributed by atoms with van der Waals surface area (Å²) in [5.74, 6) is 1.96. The molecular formula is C12H16O2. The van der Waals surface area contributed by atoms with Gasteiger partial charge in [-0.1, -0.05) is 12.8 Å². The zero-order valence-electron chi connectivity index (χ0n) is 8.37. The zero-order chi connectivity index (χ0) is 9.71. The molecule has 3 aliphatic rings. The van der Waals surface area contributed by atoms with E-state index in [1.165, 1.54) is 19.3 Å². The SMILES string of the molecule is O=C1CC2CCC3CCCC(C1=O)C32. The maximum atomic E-state index is 11.7. The van der Waals surface area contributed by atoms with E-state index < -0.39 is 0 Å². The topological polar surface area (TPSA) is 34.1 Å². The van der Waals surface area contributed by atoms with Crippen molar-refractivity contribution < 1.29 is 9.59 Å². The Morgan fingerprint density at radius 2 is 1.71 bits per heavy atom. The lowest BCUT2D eigenvalue weighted by atomic mass is 9.64. The van der Waals surface area contributed by atoms with Gasteiger partial charge in [-0.2, -0.15) is 0 Å². The molecular weight excluding hydrogens is 176 g/mol. The summed E-state index contributed by atoms with van der Waals surface area (Å²) >= 11 is 0. The molecule has 0 N–H and O–H groups in total. The van der Waals surface area contributed by atoms with Crippen LogP contribution < -0.4 is 0 Å². The first-order chi connectivity index (χ1) is 6.77. The van der Waals surface area contributed by atoms with Crippen LogP contribution >= 0.6 is 0 Å². The third-order valence-corrected chi connectivity index (χ3v) is 4.61. The Bertz CT molecular complexity index is 295. The van der Waals surface area contributed by atoms with Gasteiger partial charge in [-0.25, -0.2) is 0 Å². The summed E-state index contributed by atoms with van der Waals surface area (Å²) in [4.78, 5) is 23.2. The molecule has 3 fully saturated rings. The molecule has 0 aromatic carbocycles. The predicted octanol–water partition coefficient (Wildman–Crippen LogP) is 1.97. The van der Waals surface area contributed by atoms with Crippen LogP contribution in [0.25, 0.3) is 0 Å². The fraction of sp³-hybridized carbons (Fsp3) is 0.833. The monoisotopic (exact) mass is 192 g/mol. The second-order valence-corrected chi connectivity index (χ2v) is 5.20. The highest BCUT2D eigenvalue weighted by atomic mass is 16.2. The maximum absolute atomic E-state index is 11.7. The summed E-state index contributed by atoms with van der Waals surface area (Å²) in [5, 5.41) is 0. The van der Waals surface area contributed by atoms with Gasteiger partial charge in [-0.3, -0.25) is 9.59 Å². The van der Waals surface area contributed by atoms with Crippen LogP contribution in [0.4, 0.5) is 0 Å². The number of carbonyl (C=O) groups excluding carboxylic acids is 2. The molecule has 76 valence electrons. The summed E-state index contributed by atoms with van der Waals surface area (Å²) in [6, 6.07) is 0. The molecule has 3 aliphatic carbocycles. The lowest BCUT2D eigenvalue weighted by molar-refractivity contribution is -0.145. The number of carbonyl (C=O) groups is 2. The molecule has 3 rings (SSSR count). The predicted molar refractivity (Wildman–Crippen MR) is 51.7 cm³/mol. The Labute approximate surface area is 84.1 Å². The van der Waals surface area contributed by atoms with Crippen LogP contribution in [0.1, 0.15) is 38.5 Å². The second-order valence-electron chi connectivity index (χ2n) is 5.20. The smallest absolute Gasteiger partial charge is 0.201 e. The summed E-state index contributed by atoms with van der Waals surface area (Å²) in [6.45, 7) is 0. The quantitative estimate of drug-likeness (QED) is 0.550. The van der Waals surface area contributed by atoms with Gasteiger partial charge >= 0.3 is 0 Å². The molecule has 0 saturated heterocycles. The van der Waals surface area contributed by atoms with E-state index in [0.29, 0.717) is 18.3 Å². The molecule has 0 aromatic rings. The highest BCUT2D eigenvalue weighted by molar-refractivity contribution is 6.38. The molecule has 14 heavy (non-hydrogen) atoms. The van der Waals surface area contributed by atoms with Crippen LogP contribution in [0.3, 0.4) is 0 Å². The highest BCUT2D eigenvalue weighted by Crippen LogP contribution is 2.52. The number of Topliss-reactive ketones (excluding diaryl/α,β-unsaturated/α-hetero) is 2. The molecule has 0 heterocycles. The van der Waals surface area contributed by atoms with E-state index in [1.54, 1.807) is 0 Å². The molecule has 0 aliphatic heterocycles. The van der Waals surface area contributed by atoms with Gasteiger partial charge in [0.15, 0.2) is 5.78 Å². The van der Waals surface area contributed by atoms with Crippen LogP contribution in [-0.2, 0) is 9.59 Å². The molecule has 0 bridgehead atoms. The van der Waals surface area contributed by atoms with Crippen LogP contribution in [0.2, 0.25) is 0 Å². The molecule has 3 saturated carbocycles. The van der Waals surface area contributed by atoms with Crippen molar-refractivity contribution in [3.8, 4) is 0 Å². The van der Waals surface area contributed by atoms with E-state index in [0.717, 1.165) is 18.8 Å². The van der Waals surface area contributed by atoms with Crippen molar-refractivity contribution in [2.75, 3.05) is 0 Å². The molecule has 0 radical (unpaired) electrons. The van der Waals surface area contributed by atoms with Crippen LogP contribution in [0, 0.1) is 23.7 Å². The van der Waals surface area contributed by atoms with Crippen molar-refractivity contribution in [2.45, 2.75) is 38.5 Å². The molecule has 0 aromatic heterocycles. The van der Waals surface area contributed by atoms with E-state index in [2.05, 4.69) is 0 Å². The molecule has 0 amide bonds. The van der Waals surface area contributed by atoms with Gasteiger partial charge in [0.1, 0.15) is 0 Å². The van der Waals surface area contributed by atoms with Crippen LogP contribution in [0.15, 0.2) is 0 Å². The van der Waals surface area contributed by atoms with Crippen molar-refractivity contribution in [2.24, 2.45) is 23.7 Å². The molecule has 4 unspecified atom stereocenters. The average molecular weight is 192 g/mol. The Morgan fingerprint density at radius 1 is 0.929 bits per heavy atom. The fourth-order valence-electron chi connectivity index (χ4n) is 4.07. The fourth-order valence-corrected chi connectivity index (χ4v) is 4.07. The summed E-state index contributed by atoms with van der Waals surface area (Å²) in [6.07, 6.45) is 6.49. The number of hydrogen-bond donors (Lipinski definition) is 0. The minimum atomic E-state index is -0.0706. The minimum absolute atomic E-state index is 0.0298. The molecule has 2 nitrogen and oxygen atoms in total. The van der Waals surface area contributed by atoms with E-state index in [9.17, 15) is 9.59 Å². The normalized spacial score (nSPS) is 46.6. The summed E-state index contributed by atoms with van der Waals surface area (Å²) < 4.78 is 0. The largest absolute Gasteiger partial charge is 0.291 e. The van der Waals surface area contributed by atoms with E-state index in [4.69, 9.17) is 0 Å². The Balaban J connectivity index is 1.95. The zero-order valence-corrected chi connectivity index (χ0v) is 8.37. The van der Waals surface area contributed by atoms with Crippen molar-refractivity contribution in [1.82, 2.24) is 0 Å². The molecule has 0 spiro atoms. The minimum Gasteiger partial charge on any atom is -0.291 e. The Kier molecular flexibility index (Phi) is 1.80. The van der Waals surface area contributed by atoms with Gasteiger partial charge in [0, 0.05) is 12.3 Å². The number of ketones is 2. The highest BCUT2D eigenvalue weighted by Gasteiger charge is 2.50. The lowest BCUT2D eigenvalue weighted by Gasteiger charge is -2.38. The second kappa shape index (κ2) is 2.91. The first kappa shape index (κ1) is 8.63. The van der Waals surface area contributed by atoms with Crippen LogP contribution in [-0.4, -0.2) is 11.6 Å². The van der Waals surface area contributed by atoms with Crippen molar-refractivity contribution in [1.29, 1.82) is 0 Å². The van der Waals surface area contributed by atoms with Gasteiger partial charge in [-0.05, 0) is 37.0 Å². The van der Waals surface area contributed by atoms with E-state index in [1.807, 2.05) is 0 Å².